The number of anilines is 2. The zero-order chi connectivity index (χ0) is 16.8. The van der Waals surface area contributed by atoms with Crippen molar-refractivity contribution in [2.75, 3.05) is 17.2 Å². The van der Waals surface area contributed by atoms with Gasteiger partial charge in [0.2, 0.25) is 0 Å². The zero-order valence-electron chi connectivity index (χ0n) is 12.9. The Hall–Kier alpha value is -2.53. The van der Waals surface area contributed by atoms with Gasteiger partial charge in [0.15, 0.2) is 0 Å². The van der Waals surface area contributed by atoms with Gasteiger partial charge in [-0.2, -0.15) is 0 Å². The first-order valence-electron chi connectivity index (χ1n) is 7.11. The van der Waals surface area contributed by atoms with Gasteiger partial charge in [-0.3, -0.25) is 0 Å². The van der Waals surface area contributed by atoms with E-state index in [9.17, 15) is 9.59 Å². The molecule has 2 N–H and O–H groups in total. The zero-order valence-corrected chi connectivity index (χ0v) is 13.6. The highest BCUT2D eigenvalue weighted by atomic mass is 35.5. The molecule has 120 valence electrons. The summed E-state index contributed by atoms with van der Waals surface area (Å²) in [4.78, 5) is 23.5. The topological polar surface area (TPSA) is 67.4 Å². The van der Waals surface area contributed by atoms with E-state index in [1.165, 1.54) is 0 Å². The molecule has 0 radical (unpaired) electrons. The molecule has 0 aliphatic rings. The largest absolute Gasteiger partial charge is 0.462 e. The maximum absolute atomic E-state index is 12.0. The highest BCUT2D eigenvalue weighted by Gasteiger charge is 2.08. The quantitative estimate of drug-likeness (QED) is 0.812. The van der Waals surface area contributed by atoms with Crippen LogP contribution in [0.1, 0.15) is 22.8 Å². The second-order valence-electron chi connectivity index (χ2n) is 4.86. The molecule has 0 saturated carbocycles. The molecule has 0 aliphatic carbocycles. The van der Waals surface area contributed by atoms with Gasteiger partial charge in [0.25, 0.3) is 0 Å². The molecule has 0 bridgehead atoms. The van der Waals surface area contributed by atoms with Gasteiger partial charge in [-0.25, -0.2) is 9.59 Å². The lowest BCUT2D eigenvalue weighted by Crippen LogP contribution is -2.19. The molecule has 0 heterocycles. The molecule has 0 spiro atoms. The van der Waals surface area contributed by atoms with Crippen LogP contribution >= 0.6 is 11.6 Å². The average molecular weight is 333 g/mol. The highest BCUT2D eigenvalue weighted by Crippen LogP contribution is 2.23. The third kappa shape index (κ3) is 4.72. The minimum Gasteiger partial charge on any atom is -0.462 e. The summed E-state index contributed by atoms with van der Waals surface area (Å²) in [5, 5.41) is 5.81. The molecule has 2 aromatic rings. The van der Waals surface area contributed by atoms with Gasteiger partial charge in [-0.05, 0) is 55.8 Å². The number of amides is 2. The average Bonchev–Trinajstić information content (AvgIpc) is 2.51. The van der Waals surface area contributed by atoms with E-state index in [1.54, 1.807) is 43.3 Å². The number of benzene rings is 2. The van der Waals surface area contributed by atoms with Crippen LogP contribution in [0.15, 0.2) is 42.5 Å². The Balaban J connectivity index is 1.98. The minimum absolute atomic E-state index is 0.318. The van der Waals surface area contributed by atoms with Crippen molar-refractivity contribution in [1.82, 2.24) is 0 Å². The maximum atomic E-state index is 12.0. The van der Waals surface area contributed by atoms with Gasteiger partial charge >= 0.3 is 12.0 Å². The van der Waals surface area contributed by atoms with Crippen molar-refractivity contribution in [3.05, 3.63) is 58.6 Å². The fraction of sp³-hybridized carbons (Fsp3) is 0.176. The summed E-state index contributed by atoms with van der Waals surface area (Å²) in [7, 11) is 0. The third-order valence-electron chi connectivity index (χ3n) is 3.03. The van der Waals surface area contributed by atoms with E-state index in [-0.39, 0.29) is 0 Å². The van der Waals surface area contributed by atoms with Crippen LogP contribution in [0, 0.1) is 6.92 Å². The molecule has 2 amide bonds. The van der Waals surface area contributed by atoms with E-state index in [2.05, 4.69) is 10.6 Å². The van der Waals surface area contributed by atoms with Crippen LogP contribution in [0.5, 0.6) is 0 Å². The molecule has 0 aromatic heterocycles. The van der Waals surface area contributed by atoms with Gasteiger partial charge in [-0.1, -0.05) is 17.7 Å². The van der Waals surface area contributed by atoms with Crippen LogP contribution in [0.4, 0.5) is 16.2 Å². The molecule has 0 fully saturated rings. The number of esters is 1. The molecular formula is C17H17ClN2O3. The normalized spacial score (nSPS) is 10.0. The van der Waals surface area contributed by atoms with Gasteiger partial charge in [0, 0.05) is 5.69 Å². The van der Waals surface area contributed by atoms with Gasteiger partial charge in [0.05, 0.1) is 22.9 Å². The van der Waals surface area contributed by atoms with Crippen molar-refractivity contribution >= 4 is 35.0 Å². The lowest BCUT2D eigenvalue weighted by atomic mass is 10.2. The molecule has 0 atom stereocenters. The smallest absolute Gasteiger partial charge is 0.338 e. The summed E-state index contributed by atoms with van der Waals surface area (Å²) in [6, 6.07) is 11.4. The Kier molecular flexibility index (Phi) is 5.60. The minimum atomic E-state index is -0.417. The molecule has 2 aromatic carbocycles. The predicted molar refractivity (Wildman–Crippen MR) is 91.2 cm³/mol. The molecule has 6 heteroatoms. The van der Waals surface area contributed by atoms with Gasteiger partial charge < -0.3 is 15.4 Å². The number of nitrogens with one attached hydrogen (secondary N) is 2. The number of hydrogen-bond donors (Lipinski definition) is 2. The van der Waals surface area contributed by atoms with Gasteiger partial charge in [0.1, 0.15) is 0 Å². The van der Waals surface area contributed by atoms with Gasteiger partial charge in [-0.15, -0.1) is 0 Å². The first-order valence-corrected chi connectivity index (χ1v) is 7.48. The first kappa shape index (κ1) is 16.8. The van der Waals surface area contributed by atoms with E-state index in [4.69, 9.17) is 16.3 Å². The van der Waals surface area contributed by atoms with E-state index in [0.717, 1.165) is 5.56 Å². The number of carbonyl (C=O) groups is 2. The van der Waals surface area contributed by atoms with Crippen molar-refractivity contribution in [2.45, 2.75) is 13.8 Å². The SMILES string of the molecule is CCOC(=O)c1ccc(NC(=O)Nc2ccc(C)cc2Cl)cc1. The monoisotopic (exact) mass is 332 g/mol. The number of aryl methyl sites for hydroxylation is 1. The molecule has 0 unspecified atom stereocenters. The lowest BCUT2D eigenvalue weighted by Gasteiger charge is -2.10. The Morgan fingerprint density at radius 3 is 2.39 bits per heavy atom. The van der Waals surface area contributed by atoms with Crippen molar-refractivity contribution in [2.24, 2.45) is 0 Å². The molecule has 0 saturated heterocycles. The van der Waals surface area contributed by atoms with Crippen molar-refractivity contribution in [3.63, 3.8) is 0 Å². The third-order valence-corrected chi connectivity index (χ3v) is 3.34. The second-order valence-corrected chi connectivity index (χ2v) is 5.27. The Morgan fingerprint density at radius 2 is 1.78 bits per heavy atom. The maximum Gasteiger partial charge on any atom is 0.338 e. The molecule has 23 heavy (non-hydrogen) atoms. The van der Waals surface area contributed by atoms with Crippen LogP contribution in [-0.4, -0.2) is 18.6 Å². The number of urea groups is 1. The Labute approximate surface area is 139 Å². The van der Waals surface area contributed by atoms with Crippen molar-refractivity contribution in [3.8, 4) is 0 Å². The predicted octanol–water partition coefficient (Wildman–Crippen LogP) is 4.47. The molecule has 5 nitrogen and oxygen atoms in total. The summed E-state index contributed by atoms with van der Waals surface area (Å²) in [5.74, 6) is -0.394. The van der Waals surface area contributed by atoms with Crippen LogP contribution in [0.25, 0.3) is 0 Å². The lowest BCUT2D eigenvalue weighted by molar-refractivity contribution is 0.0526. The van der Waals surface area contributed by atoms with Crippen LogP contribution in [0.2, 0.25) is 5.02 Å². The van der Waals surface area contributed by atoms with Crippen LogP contribution < -0.4 is 10.6 Å². The van der Waals surface area contributed by atoms with E-state index in [0.29, 0.717) is 28.6 Å². The van der Waals surface area contributed by atoms with E-state index in [1.807, 2.05) is 13.0 Å². The summed E-state index contributed by atoms with van der Waals surface area (Å²) >= 11 is 6.07. The van der Waals surface area contributed by atoms with Crippen molar-refractivity contribution in [1.29, 1.82) is 0 Å². The Bertz CT molecular complexity index is 714. The highest BCUT2D eigenvalue weighted by molar-refractivity contribution is 6.33. The number of halogens is 1. The second kappa shape index (κ2) is 7.65. The summed E-state index contributed by atoms with van der Waals surface area (Å²) in [6.07, 6.45) is 0. The summed E-state index contributed by atoms with van der Waals surface area (Å²) in [6.45, 7) is 3.98. The molecule has 0 aliphatic heterocycles. The van der Waals surface area contributed by atoms with Crippen molar-refractivity contribution < 1.29 is 14.3 Å². The number of carbonyl (C=O) groups excluding carboxylic acids is 2. The first-order chi connectivity index (χ1) is 11.0. The Morgan fingerprint density at radius 1 is 1.09 bits per heavy atom. The molecular weight excluding hydrogens is 316 g/mol. The summed E-state index contributed by atoms with van der Waals surface area (Å²) < 4.78 is 4.90. The van der Waals surface area contributed by atoms with Crippen LogP contribution in [-0.2, 0) is 4.74 Å². The molecule has 2 rings (SSSR count). The number of hydrogen-bond acceptors (Lipinski definition) is 3. The fourth-order valence-corrected chi connectivity index (χ4v) is 2.19. The number of ether oxygens (including phenoxy) is 1. The van der Waals surface area contributed by atoms with E-state index < -0.39 is 12.0 Å². The summed E-state index contributed by atoms with van der Waals surface area (Å²) in [5.41, 5.74) is 2.52. The van der Waals surface area contributed by atoms with E-state index >= 15 is 0 Å². The van der Waals surface area contributed by atoms with Crippen LogP contribution in [0.3, 0.4) is 0 Å². The standard InChI is InChI=1S/C17H17ClN2O3/c1-3-23-16(21)12-5-7-13(8-6-12)19-17(22)20-15-9-4-11(2)10-14(15)18/h4-10H,3H2,1-2H3,(H2,19,20,22). The fourth-order valence-electron chi connectivity index (χ4n) is 1.91. The number of rotatable bonds is 4.